The summed E-state index contributed by atoms with van der Waals surface area (Å²) in [5, 5.41) is 23.3. The zero-order valence-electron chi connectivity index (χ0n) is 25.2. The van der Waals surface area contributed by atoms with Gasteiger partial charge in [0.25, 0.3) is 5.91 Å². The van der Waals surface area contributed by atoms with Crippen molar-refractivity contribution in [2.75, 3.05) is 0 Å². The average Bonchev–Trinajstić information content (AvgIpc) is 3.59. The number of hydrogen-bond donors (Lipinski definition) is 5. The average molecular weight is 587 g/mol. The summed E-state index contributed by atoms with van der Waals surface area (Å²) in [6, 6.07) is -0.262. The van der Waals surface area contributed by atoms with Crippen LogP contribution < -0.4 is 16.0 Å². The number of allylic oxidation sites excluding steroid dienone is 1. The summed E-state index contributed by atoms with van der Waals surface area (Å²) in [5.41, 5.74) is 8.49. The molecule has 0 fully saturated rings. The molecule has 0 saturated carbocycles. The summed E-state index contributed by atoms with van der Waals surface area (Å²) in [6.07, 6.45) is 6.87. The van der Waals surface area contributed by atoms with E-state index in [0.29, 0.717) is 40.7 Å². The van der Waals surface area contributed by atoms with Crippen molar-refractivity contribution in [1.82, 2.24) is 15.3 Å². The number of nitrogens with zero attached hydrogens (tertiary/aromatic N) is 1. The number of aromatic nitrogens is 2. The predicted octanol–water partition coefficient (Wildman–Crippen LogP) is 2.85. The van der Waals surface area contributed by atoms with Crippen molar-refractivity contribution >= 4 is 41.6 Å². The monoisotopic (exact) mass is 586 g/mol. The number of nitrogens with one attached hydrogen (secondary N) is 3. The minimum Gasteiger partial charge on any atom is -0.481 e. The van der Waals surface area contributed by atoms with Gasteiger partial charge in [-0.25, -0.2) is 4.99 Å². The lowest BCUT2D eigenvalue weighted by Crippen LogP contribution is -2.30. The van der Waals surface area contributed by atoms with E-state index in [1.807, 2.05) is 39.8 Å². The number of hydrogen-bond acceptors (Lipinski definition) is 4. The minimum absolute atomic E-state index is 0.0655. The van der Waals surface area contributed by atoms with Gasteiger partial charge in [0.05, 0.1) is 11.8 Å². The summed E-state index contributed by atoms with van der Waals surface area (Å²) in [6.45, 7) is 13.2. The molecule has 2 amide bonds. The first kappa shape index (κ1) is 31.2. The molecule has 2 aliphatic heterocycles. The Morgan fingerprint density at radius 2 is 1.56 bits per heavy atom. The fourth-order valence-corrected chi connectivity index (χ4v) is 5.91. The van der Waals surface area contributed by atoms with Crippen LogP contribution in [-0.2, 0) is 38.4 Å². The van der Waals surface area contributed by atoms with Gasteiger partial charge in [0.15, 0.2) is 0 Å². The quantitative estimate of drug-likeness (QED) is 0.257. The highest BCUT2D eigenvalue weighted by Crippen LogP contribution is 2.27. The van der Waals surface area contributed by atoms with E-state index in [-0.39, 0.29) is 43.5 Å². The lowest BCUT2D eigenvalue weighted by Gasteiger charge is -2.13. The highest BCUT2D eigenvalue weighted by atomic mass is 16.4. The second-order valence-corrected chi connectivity index (χ2v) is 11.0. The molecule has 4 rings (SSSR count). The fraction of sp³-hybridized carbons (Fsp3) is 0.364. The van der Waals surface area contributed by atoms with Crippen LogP contribution in [0.15, 0.2) is 39.9 Å². The van der Waals surface area contributed by atoms with Crippen LogP contribution in [-0.4, -0.2) is 55.7 Å². The molecule has 43 heavy (non-hydrogen) atoms. The molecule has 0 aliphatic carbocycles. The Kier molecular flexibility index (Phi) is 9.18. The van der Waals surface area contributed by atoms with Crippen LogP contribution in [0.1, 0.15) is 73.7 Å². The van der Waals surface area contributed by atoms with Crippen molar-refractivity contribution in [3.05, 3.63) is 79.3 Å². The smallest absolute Gasteiger partial charge is 0.303 e. The molecule has 0 unspecified atom stereocenters. The minimum atomic E-state index is -0.922. The van der Waals surface area contributed by atoms with Gasteiger partial charge in [-0.1, -0.05) is 19.6 Å². The Hall–Kier alpha value is -4.73. The van der Waals surface area contributed by atoms with Crippen molar-refractivity contribution in [3.63, 3.8) is 0 Å². The molecule has 226 valence electrons. The molecule has 1 atom stereocenters. The maximum Gasteiger partial charge on any atom is 0.303 e. The van der Waals surface area contributed by atoms with Crippen LogP contribution >= 0.6 is 0 Å². The van der Waals surface area contributed by atoms with Gasteiger partial charge in [0, 0.05) is 52.5 Å². The first-order valence-corrected chi connectivity index (χ1v) is 14.4. The van der Waals surface area contributed by atoms with E-state index in [4.69, 9.17) is 0 Å². The Morgan fingerprint density at radius 1 is 0.907 bits per heavy atom. The van der Waals surface area contributed by atoms with Crippen molar-refractivity contribution in [2.45, 2.75) is 79.2 Å². The second kappa shape index (κ2) is 12.6. The highest BCUT2D eigenvalue weighted by Gasteiger charge is 2.29. The van der Waals surface area contributed by atoms with Gasteiger partial charge in [-0.3, -0.25) is 19.2 Å². The van der Waals surface area contributed by atoms with Crippen LogP contribution in [0.5, 0.6) is 0 Å². The number of amides is 2. The van der Waals surface area contributed by atoms with Crippen LogP contribution in [0, 0.1) is 13.8 Å². The van der Waals surface area contributed by atoms with E-state index in [0.717, 1.165) is 44.4 Å². The Balaban J connectivity index is 1.86. The number of carboxylic acid groups (broad SMARTS) is 2. The van der Waals surface area contributed by atoms with Gasteiger partial charge in [-0.2, -0.15) is 0 Å². The fourth-order valence-electron chi connectivity index (χ4n) is 5.91. The number of aliphatic imine (C=N–C) groups is 1. The third-order valence-electron chi connectivity index (χ3n) is 8.47. The maximum absolute atomic E-state index is 12.3. The van der Waals surface area contributed by atoms with Crippen LogP contribution in [0.2, 0.25) is 0 Å². The van der Waals surface area contributed by atoms with E-state index < -0.39 is 11.9 Å². The van der Waals surface area contributed by atoms with Crippen molar-refractivity contribution in [2.24, 2.45) is 4.99 Å². The van der Waals surface area contributed by atoms with Crippen molar-refractivity contribution in [3.8, 4) is 0 Å². The Morgan fingerprint density at radius 3 is 2.14 bits per heavy atom. The van der Waals surface area contributed by atoms with Gasteiger partial charge >= 0.3 is 11.9 Å². The van der Waals surface area contributed by atoms with E-state index in [9.17, 15) is 29.4 Å². The number of H-pyrrole nitrogens is 2. The number of carbonyl (C=O) groups is 4. The van der Waals surface area contributed by atoms with Gasteiger partial charge in [0.2, 0.25) is 5.91 Å². The lowest BCUT2D eigenvalue weighted by molar-refractivity contribution is -0.138. The van der Waals surface area contributed by atoms with Gasteiger partial charge in [0.1, 0.15) is 0 Å². The molecule has 0 spiro atoms. The summed E-state index contributed by atoms with van der Waals surface area (Å²) < 4.78 is 0. The van der Waals surface area contributed by atoms with E-state index in [1.54, 1.807) is 13.0 Å². The number of carbonyl (C=O) groups excluding carboxylic acids is 2. The van der Waals surface area contributed by atoms with Crippen LogP contribution in [0.25, 0.3) is 12.2 Å². The normalized spacial score (nSPS) is 17.8. The molecular formula is C33H38N4O6. The molecule has 0 radical (unpaired) electrons. The molecule has 0 saturated heterocycles. The number of carboxylic acids is 2. The summed E-state index contributed by atoms with van der Waals surface area (Å²) >= 11 is 0. The van der Waals surface area contributed by atoms with Crippen LogP contribution in [0.3, 0.4) is 0 Å². The molecule has 5 N–H and O–H groups in total. The zero-order valence-corrected chi connectivity index (χ0v) is 25.2. The maximum atomic E-state index is 12.3. The molecular weight excluding hydrogens is 548 g/mol. The number of aliphatic carboxylic acids is 2. The summed E-state index contributed by atoms with van der Waals surface area (Å²) in [5.74, 6) is -2.22. The number of aromatic amines is 2. The van der Waals surface area contributed by atoms with E-state index in [1.165, 1.54) is 0 Å². The van der Waals surface area contributed by atoms with Crippen LogP contribution in [0.4, 0.5) is 0 Å². The SMILES string of the molecule is C=CC1=C(C)C(=O)N[C@H]1Cc1[nH]c(/C=c2\[nH]/c(=C/C3=NC(=O)C(CC)=C3C)c(C)c2CCC(=O)O)c(CCC(=O)O)c1C. The Bertz CT molecular complexity index is 1760. The second-order valence-electron chi connectivity index (χ2n) is 11.0. The summed E-state index contributed by atoms with van der Waals surface area (Å²) in [4.78, 5) is 58.8. The topological polar surface area (TPSA) is 165 Å². The highest BCUT2D eigenvalue weighted by molar-refractivity contribution is 6.30. The molecule has 2 aromatic rings. The molecule has 10 nitrogen and oxygen atoms in total. The first-order valence-electron chi connectivity index (χ1n) is 14.4. The van der Waals surface area contributed by atoms with Gasteiger partial charge in [-0.05, 0) is 92.5 Å². The summed E-state index contributed by atoms with van der Waals surface area (Å²) in [7, 11) is 0. The third kappa shape index (κ3) is 6.38. The van der Waals surface area contributed by atoms with Gasteiger partial charge < -0.3 is 25.5 Å². The van der Waals surface area contributed by atoms with Gasteiger partial charge in [-0.15, -0.1) is 0 Å². The third-order valence-corrected chi connectivity index (χ3v) is 8.47. The standard InChI is InChI=1S/C33H38N4O6/c1-7-20-19(6)32(42)37-27(20)14-25-18(5)23(10-12-31(40)41)29(35-25)15-28-22(9-11-30(38)39)17(4)24(34-28)13-26-16(3)21(8-2)33(43)36-26/h7,13,15,27,34-35H,1,8-12,14H2,2-6H3,(H,37,42)(H,38,39)(H,40,41)/b24-13+,28-15-/t27-/m0/s1. The van der Waals surface area contributed by atoms with E-state index >= 15 is 0 Å². The molecule has 4 heterocycles. The lowest BCUT2D eigenvalue weighted by atomic mass is 9.98. The van der Waals surface area contributed by atoms with Crippen molar-refractivity contribution < 1.29 is 29.4 Å². The number of rotatable bonds is 12. The van der Waals surface area contributed by atoms with E-state index in [2.05, 4.69) is 26.9 Å². The predicted molar refractivity (Wildman–Crippen MR) is 164 cm³/mol. The largest absolute Gasteiger partial charge is 0.481 e. The molecule has 0 aromatic carbocycles. The molecule has 0 bridgehead atoms. The first-order chi connectivity index (χ1) is 20.4. The zero-order chi connectivity index (χ0) is 31.6. The van der Waals surface area contributed by atoms with Crippen molar-refractivity contribution in [1.29, 1.82) is 0 Å². The molecule has 10 heteroatoms. The Labute approximate surface area is 249 Å². The molecule has 2 aromatic heterocycles. The molecule has 2 aliphatic rings.